The maximum Gasteiger partial charge on any atom is 0.235 e. The molecule has 0 unspecified atom stereocenters. The second kappa shape index (κ2) is 5.76. The van der Waals surface area contributed by atoms with Crippen LogP contribution in [0.3, 0.4) is 0 Å². The molecule has 0 amide bonds. The minimum atomic E-state index is 0.133. The summed E-state index contributed by atoms with van der Waals surface area (Å²) in [6.45, 7) is 6.64. The van der Waals surface area contributed by atoms with E-state index in [1.165, 1.54) is 16.9 Å². The number of aromatic nitrogens is 4. The SMILES string of the molecule is CC(C)(C)c1ccc(-c2nn3c(-c4cc5ccccc5o4)nnc3s2)cc1. The van der Waals surface area contributed by atoms with Crippen LogP contribution in [0.1, 0.15) is 26.3 Å². The first kappa shape index (κ1) is 16.2. The third-order valence-electron chi connectivity index (χ3n) is 4.63. The highest BCUT2D eigenvalue weighted by atomic mass is 32.1. The number of fused-ring (bicyclic) bond motifs is 2. The highest BCUT2D eigenvalue weighted by molar-refractivity contribution is 7.19. The lowest BCUT2D eigenvalue weighted by Crippen LogP contribution is -2.10. The van der Waals surface area contributed by atoms with Gasteiger partial charge in [0.2, 0.25) is 10.8 Å². The lowest BCUT2D eigenvalue weighted by Gasteiger charge is -2.18. The molecule has 0 saturated carbocycles. The third-order valence-corrected chi connectivity index (χ3v) is 5.58. The van der Waals surface area contributed by atoms with Gasteiger partial charge in [-0.3, -0.25) is 0 Å². The quantitative estimate of drug-likeness (QED) is 0.406. The second-order valence-corrected chi connectivity index (χ2v) is 8.56. The lowest BCUT2D eigenvalue weighted by atomic mass is 9.87. The molecule has 134 valence electrons. The smallest absolute Gasteiger partial charge is 0.235 e. The maximum atomic E-state index is 5.93. The van der Waals surface area contributed by atoms with Crippen molar-refractivity contribution in [2.45, 2.75) is 26.2 Å². The molecule has 6 heteroatoms. The summed E-state index contributed by atoms with van der Waals surface area (Å²) in [6.07, 6.45) is 0. The molecule has 5 aromatic rings. The molecular formula is C21H18N4OS. The fraction of sp³-hybridized carbons (Fsp3) is 0.190. The minimum Gasteiger partial charge on any atom is -0.453 e. The van der Waals surface area contributed by atoms with Gasteiger partial charge in [-0.15, -0.1) is 10.2 Å². The number of hydrogen-bond donors (Lipinski definition) is 0. The Bertz CT molecular complexity index is 1220. The monoisotopic (exact) mass is 374 g/mol. The number of furan rings is 1. The van der Waals surface area contributed by atoms with Crippen molar-refractivity contribution >= 4 is 27.3 Å². The predicted molar refractivity (Wildman–Crippen MR) is 108 cm³/mol. The number of rotatable bonds is 2. The van der Waals surface area contributed by atoms with Gasteiger partial charge in [0.1, 0.15) is 10.6 Å². The molecule has 5 rings (SSSR count). The first-order valence-corrected chi connectivity index (χ1v) is 9.63. The normalized spacial score (nSPS) is 12.3. The first-order valence-electron chi connectivity index (χ1n) is 8.81. The molecule has 3 heterocycles. The molecule has 0 saturated heterocycles. The Morgan fingerprint density at radius 3 is 2.48 bits per heavy atom. The molecule has 0 aliphatic carbocycles. The zero-order chi connectivity index (χ0) is 18.6. The van der Waals surface area contributed by atoms with Gasteiger partial charge in [-0.2, -0.15) is 9.61 Å². The molecule has 0 spiro atoms. The molecular weight excluding hydrogens is 356 g/mol. The molecule has 0 aliphatic heterocycles. The highest BCUT2D eigenvalue weighted by Crippen LogP contribution is 2.32. The zero-order valence-electron chi connectivity index (χ0n) is 15.3. The van der Waals surface area contributed by atoms with Gasteiger partial charge in [-0.1, -0.05) is 74.6 Å². The molecule has 0 N–H and O–H groups in total. The van der Waals surface area contributed by atoms with Crippen molar-refractivity contribution in [1.82, 2.24) is 19.8 Å². The first-order chi connectivity index (χ1) is 13.0. The molecule has 27 heavy (non-hydrogen) atoms. The van der Waals surface area contributed by atoms with E-state index in [9.17, 15) is 0 Å². The standard InChI is InChI=1S/C21H18N4OS/c1-21(2,3)15-10-8-13(9-11-15)19-24-25-18(22-23-20(25)27-19)17-12-14-6-4-5-7-16(14)26-17/h4-12H,1-3H3. The average molecular weight is 374 g/mol. The number of benzene rings is 2. The van der Waals surface area contributed by atoms with E-state index >= 15 is 0 Å². The largest absolute Gasteiger partial charge is 0.453 e. The maximum absolute atomic E-state index is 5.93. The molecule has 0 fully saturated rings. The van der Waals surface area contributed by atoms with Gasteiger partial charge in [-0.05, 0) is 23.1 Å². The fourth-order valence-electron chi connectivity index (χ4n) is 3.09. The van der Waals surface area contributed by atoms with Crippen LogP contribution in [0.25, 0.3) is 38.1 Å². The van der Waals surface area contributed by atoms with Crippen LogP contribution < -0.4 is 0 Å². The lowest BCUT2D eigenvalue weighted by molar-refractivity contribution is 0.590. The van der Waals surface area contributed by atoms with E-state index in [4.69, 9.17) is 9.52 Å². The van der Waals surface area contributed by atoms with Crippen molar-refractivity contribution < 1.29 is 4.42 Å². The van der Waals surface area contributed by atoms with Crippen LogP contribution in [0, 0.1) is 0 Å². The minimum absolute atomic E-state index is 0.133. The molecule has 0 aliphatic rings. The zero-order valence-corrected chi connectivity index (χ0v) is 16.1. The van der Waals surface area contributed by atoms with Crippen LogP contribution in [-0.4, -0.2) is 19.8 Å². The van der Waals surface area contributed by atoms with Gasteiger partial charge in [0, 0.05) is 10.9 Å². The number of nitrogens with zero attached hydrogens (tertiary/aromatic N) is 4. The van der Waals surface area contributed by atoms with Crippen molar-refractivity contribution in [1.29, 1.82) is 0 Å². The summed E-state index contributed by atoms with van der Waals surface area (Å²) in [5, 5.41) is 15.2. The average Bonchev–Trinajstić information content (AvgIpc) is 3.34. The summed E-state index contributed by atoms with van der Waals surface area (Å²) in [7, 11) is 0. The van der Waals surface area contributed by atoms with E-state index in [1.54, 1.807) is 4.52 Å². The summed E-state index contributed by atoms with van der Waals surface area (Å²) in [5.74, 6) is 1.29. The van der Waals surface area contributed by atoms with Crippen molar-refractivity contribution in [3.05, 3.63) is 60.2 Å². The van der Waals surface area contributed by atoms with E-state index in [0.29, 0.717) is 11.6 Å². The number of para-hydroxylation sites is 1. The summed E-state index contributed by atoms with van der Waals surface area (Å²) in [4.78, 5) is 0.750. The van der Waals surface area contributed by atoms with Gasteiger partial charge < -0.3 is 4.42 Å². The Balaban J connectivity index is 1.57. The predicted octanol–water partition coefficient (Wildman–Crippen LogP) is 5.56. The van der Waals surface area contributed by atoms with Crippen LogP contribution in [-0.2, 0) is 5.41 Å². The van der Waals surface area contributed by atoms with Crippen LogP contribution in [0.15, 0.2) is 59.0 Å². The van der Waals surface area contributed by atoms with Crippen molar-refractivity contribution in [3.63, 3.8) is 0 Å². The van der Waals surface area contributed by atoms with Crippen molar-refractivity contribution in [3.8, 4) is 22.2 Å². The van der Waals surface area contributed by atoms with E-state index < -0.39 is 0 Å². The molecule has 0 radical (unpaired) electrons. The summed E-state index contributed by atoms with van der Waals surface area (Å²) in [6, 6.07) is 18.4. The van der Waals surface area contributed by atoms with Gasteiger partial charge in [0.25, 0.3) is 0 Å². The Kier molecular flexibility index (Phi) is 3.45. The second-order valence-electron chi connectivity index (χ2n) is 7.60. The molecule has 2 aromatic carbocycles. The van der Waals surface area contributed by atoms with E-state index in [2.05, 4.69) is 55.2 Å². The van der Waals surface area contributed by atoms with Crippen LogP contribution >= 0.6 is 11.3 Å². The van der Waals surface area contributed by atoms with Crippen LogP contribution in [0.2, 0.25) is 0 Å². The Labute approximate surface area is 160 Å². The van der Waals surface area contributed by atoms with Gasteiger partial charge in [0.05, 0.1) is 0 Å². The summed E-state index contributed by atoms with van der Waals surface area (Å²) < 4.78 is 7.69. The van der Waals surface area contributed by atoms with E-state index in [0.717, 1.165) is 26.5 Å². The number of hydrogen-bond acceptors (Lipinski definition) is 5. The van der Waals surface area contributed by atoms with E-state index in [1.807, 2.05) is 30.3 Å². The topological polar surface area (TPSA) is 56.2 Å². The van der Waals surface area contributed by atoms with Crippen LogP contribution in [0.5, 0.6) is 0 Å². The Morgan fingerprint density at radius 1 is 0.963 bits per heavy atom. The Morgan fingerprint density at radius 2 is 1.74 bits per heavy atom. The highest BCUT2D eigenvalue weighted by Gasteiger charge is 2.18. The van der Waals surface area contributed by atoms with Gasteiger partial charge in [-0.25, -0.2) is 0 Å². The molecule has 0 atom stereocenters. The fourth-order valence-corrected chi connectivity index (χ4v) is 3.94. The summed E-state index contributed by atoms with van der Waals surface area (Å²) >= 11 is 1.52. The molecule has 0 bridgehead atoms. The van der Waals surface area contributed by atoms with Crippen LogP contribution in [0.4, 0.5) is 0 Å². The third kappa shape index (κ3) is 2.73. The van der Waals surface area contributed by atoms with Gasteiger partial charge >= 0.3 is 0 Å². The molecule has 5 nitrogen and oxygen atoms in total. The Hall–Kier alpha value is -2.99. The summed E-state index contributed by atoms with van der Waals surface area (Å²) in [5.41, 5.74) is 3.35. The van der Waals surface area contributed by atoms with Crippen molar-refractivity contribution in [2.75, 3.05) is 0 Å². The molecule has 3 aromatic heterocycles. The van der Waals surface area contributed by atoms with Gasteiger partial charge in [0.15, 0.2) is 5.76 Å². The van der Waals surface area contributed by atoms with Crippen molar-refractivity contribution in [2.24, 2.45) is 0 Å². The van der Waals surface area contributed by atoms with E-state index in [-0.39, 0.29) is 5.41 Å².